The summed E-state index contributed by atoms with van der Waals surface area (Å²) in [5.74, 6) is 0.762. The molecular formula is C24H30N2O3S. The highest BCUT2D eigenvalue weighted by atomic mass is 32.2. The van der Waals surface area contributed by atoms with E-state index in [2.05, 4.69) is 17.5 Å². The monoisotopic (exact) mass is 426 g/mol. The summed E-state index contributed by atoms with van der Waals surface area (Å²) >= 11 is 0. The van der Waals surface area contributed by atoms with Gasteiger partial charge >= 0.3 is 0 Å². The number of aromatic hydroxyl groups is 1. The van der Waals surface area contributed by atoms with Gasteiger partial charge in [-0.05, 0) is 66.6 Å². The Kier molecular flexibility index (Phi) is 5.89. The van der Waals surface area contributed by atoms with Crippen LogP contribution in [0.1, 0.15) is 56.2 Å². The Morgan fingerprint density at radius 2 is 1.77 bits per heavy atom. The molecule has 0 aromatic heterocycles. The quantitative estimate of drug-likeness (QED) is 0.609. The number of rotatable bonds is 7. The van der Waals surface area contributed by atoms with Crippen LogP contribution in [0.5, 0.6) is 5.75 Å². The third-order valence-corrected chi connectivity index (χ3v) is 8.06. The van der Waals surface area contributed by atoms with E-state index in [9.17, 15) is 13.5 Å². The van der Waals surface area contributed by atoms with E-state index in [1.807, 2.05) is 38.1 Å². The number of nitrogens with zero attached hydrogens (tertiary/aromatic N) is 1. The third-order valence-electron chi connectivity index (χ3n) is 6.17. The maximum Gasteiger partial charge on any atom is 0.243 e. The van der Waals surface area contributed by atoms with Crippen molar-refractivity contribution in [3.8, 4) is 5.75 Å². The van der Waals surface area contributed by atoms with Crippen molar-refractivity contribution in [3.05, 3.63) is 65.7 Å². The van der Waals surface area contributed by atoms with Gasteiger partial charge in [-0.15, -0.1) is 0 Å². The first-order chi connectivity index (χ1) is 14.5. The zero-order valence-corrected chi connectivity index (χ0v) is 18.4. The van der Waals surface area contributed by atoms with E-state index in [1.54, 1.807) is 22.5 Å². The number of phenolic OH excluding ortho intramolecular Hbond substituents is 1. The molecule has 2 aromatic rings. The van der Waals surface area contributed by atoms with Gasteiger partial charge in [-0.2, -0.15) is 4.31 Å². The minimum Gasteiger partial charge on any atom is -0.508 e. The topological polar surface area (TPSA) is 69.6 Å². The maximum atomic E-state index is 13.3. The summed E-state index contributed by atoms with van der Waals surface area (Å²) in [7, 11) is -3.50. The summed E-state index contributed by atoms with van der Waals surface area (Å²) in [6.07, 6.45) is 6.95. The fourth-order valence-electron chi connectivity index (χ4n) is 4.74. The van der Waals surface area contributed by atoms with Gasteiger partial charge in [-0.3, -0.25) is 0 Å². The lowest BCUT2D eigenvalue weighted by Crippen LogP contribution is -2.33. The smallest absolute Gasteiger partial charge is 0.243 e. The van der Waals surface area contributed by atoms with Crippen molar-refractivity contribution in [2.75, 3.05) is 18.4 Å². The van der Waals surface area contributed by atoms with Gasteiger partial charge in [0.25, 0.3) is 0 Å². The fourth-order valence-corrected chi connectivity index (χ4v) is 6.40. The molecule has 0 saturated carbocycles. The van der Waals surface area contributed by atoms with Crippen LogP contribution in [0, 0.1) is 5.92 Å². The molecular weight excluding hydrogens is 396 g/mol. The van der Waals surface area contributed by atoms with Gasteiger partial charge < -0.3 is 10.4 Å². The van der Waals surface area contributed by atoms with Gasteiger partial charge in [0.2, 0.25) is 10.0 Å². The van der Waals surface area contributed by atoms with E-state index < -0.39 is 10.0 Å². The lowest BCUT2D eigenvalue weighted by Gasteiger charge is -2.38. The molecule has 0 radical (unpaired) electrons. The number of hydrogen-bond acceptors (Lipinski definition) is 4. The molecule has 30 heavy (non-hydrogen) atoms. The number of nitrogens with one attached hydrogen (secondary N) is 1. The summed E-state index contributed by atoms with van der Waals surface area (Å²) in [4.78, 5) is 0.382. The highest BCUT2D eigenvalue weighted by molar-refractivity contribution is 7.89. The first-order valence-electron chi connectivity index (χ1n) is 10.8. The van der Waals surface area contributed by atoms with Crippen LogP contribution in [0.25, 0.3) is 0 Å². The summed E-state index contributed by atoms with van der Waals surface area (Å²) in [6.45, 7) is 5.10. The minimum atomic E-state index is -3.50. The van der Waals surface area contributed by atoms with Crippen LogP contribution in [-0.2, 0) is 10.0 Å². The number of anilines is 1. The number of phenols is 1. The zero-order chi connectivity index (χ0) is 21.3. The van der Waals surface area contributed by atoms with Crippen molar-refractivity contribution in [2.45, 2.75) is 50.0 Å². The van der Waals surface area contributed by atoms with Crippen molar-refractivity contribution in [1.82, 2.24) is 4.31 Å². The van der Waals surface area contributed by atoms with E-state index in [0.29, 0.717) is 23.9 Å². The number of sulfonamides is 1. The second kappa shape index (κ2) is 8.44. The molecule has 4 rings (SSSR count). The van der Waals surface area contributed by atoms with E-state index in [4.69, 9.17) is 0 Å². The average Bonchev–Trinajstić information content (AvgIpc) is 3.23. The molecule has 1 aliphatic heterocycles. The van der Waals surface area contributed by atoms with Crippen LogP contribution in [0.15, 0.2) is 59.5 Å². The number of benzene rings is 2. The predicted octanol–water partition coefficient (Wildman–Crippen LogP) is 5.03. The zero-order valence-electron chi connectivity index (χ0n) is 17.6. The van der Waals surface area contributed by atoms with Crippen molar-refractivity contribution in [3.63, 3.8) is 0 Å². The van der Waals surface area contributed by atoms with Crippen LogP contribution < -0.4 is 5.32 Å². The lowest BCUT2D eigenvalue weighted by molar-refractivity contribution is 0.408. The molecule has 0 bridgehead atoms. The van der Waals surface area contributed by atoms with Gasteiger partial charge in [-0.25, -0.2) is 8.42 Å². The first-order valence-corrected chi connectivity index (χ1v) is 12.3. The highest BCUT2D eigenvalue weighted by Gasteiger charge is 2.38. The predicted molar refractivity (Wildman–Crippen MR) is 120 cm³/mol. The summed E-state index contributed by atoms with van der Waals surface area (Å²) < 4.78 is 28.1. The number of hydrogen-bond donors (Lipinski definition) is 2. The Hall–Kier alpha value is -2.31. The average molecular weight is 427 g/mol. The molecule has 1 aliphatic carbocycles. The van der Waals surface area contributed by atoms with Gasteiger partial charge in [0.05, 0.1) is 10.9 Å². The number of fused-ring (bicyclic) bond motifs is 3. The van der Waals surface area contributed by atoms with Crippen LogP contribution >= 0.6 is 0 Å². The molecule has 0 saturated heterocycles. The summed E-state index contributed by atoms with van der Waals surface area (Å²) in [5.41, 5.74) is 3.17. The van der Waals surface area contributed by atoms with Gasteiger partial charge in [0, 0.05) is 24.7 Å². The van der Waals surface area contributed by atoms with Crippen molar-refractivity contribution < 1.29 is 13.5 Å². The number of allylic oxidation sites excluding steroid dienone is 2. The molecule has 3 unspecified atom stereocenters. The van der Waals surface area contributed by atoms with Crippen molar-refractivity contribution >= 4 is 15.7 Å². The molecule has 0 amide bonds. The second-order valence-electron chi connectivity index (χ2n) is 8.22. The second-order valence-corrected chi connectivity index (χ2v) is 10.2. The van der Waals surface area contributed by atoms with E-state index >= 15 is 0 Å². The molecule has 6 heteroatoms. The van der Waals surface area contributed by atoms with Crippen LogP contribution in [0.2, 0.25) is 0 Å². The largest absolute Gasteiger partial charge is 0.508 e. The Labute approximate surface area is 179 Å². The molecule has 2 aliphatic rings. The van der Waals surface area contributed by atoms with Crippen LogP contribution in [0.3, 0.4) is 0 Å². The lowest BCUT2D eigenvalue weighted by atomic mass is 9.77. The maximum absolute atomic E-state index is 13.3. The molecule has 2 N–H and O–H groups in total. The molecule has 160 valence electrons. The van der Waals surface area contributed by atoms with E-state index in [-0.39, 0.29) is 17.7 Å². The molecule has 2 aromatic carbocycles. The minimum absolute atomic E-state index is 0.122. The van der Waals surface area contributed by atoms with Gasteiger partial charge in [-0.1, -0.05) is 38.1 Å². The Morgan fingerprint density at radius 1 is 1.07 bits per heavy atom. The van der Waals surface area contributed by atoms with Gasteiger partial charge in [0.1, 0.15) is 5.75 Å². The van der Waals surface area contributed by atoms with E-state index in [1.165, 1.54) is 0 Å². The Morgan fingerprint density at radius 3 is 2.43 bits per heavy atom. The third kappa shape index (κ3) is 3.74. The van der Waals surface area contributed by atoms with Crippen molar-refractivity contribution in [1.29, 1.82) is 0 Å². The molecule has 0 spiro atoms. The SMILES string of the molecule is CCCN(CCC)S(=O)(=O)c1ccc2c(c1)C1C=CCC1C(c1ccc(O)cc1)N2. The highest BCUT2D eigenvalue weighted by Crippen LogP contribution is 2.50. The van der Waals surface area contributed by atoms with Gasteiger partial charge in [0.15, 0.2) is 0 Å². The Balaban J connectivity index is 1.70. The molecule has 3 atom stereocenters. The van der Waals surface area contributed by atoms with Crippen LogP contribution in [-0.4, -0.2) is 30.9 Å². The molecule has 0 fully saturated rings. The fraction of sp³-hybridized carbons (Fsp3) is 0.417. The first kappa shape index (κ1) is 20.9. The van der Waals surface area contributed by atoms with Crippen molar-refractivity contribution in [2.24, 2.45) is 5.92 Å². The molecule has 5 nitrogen and oxygen atoms in total. The summed E-state index contributed by atoms with van der Waals surface area (Å²) in [5, 5.41) is 13.3. The molecule has 1 heterocycles. The van der Waals surface area contributed by atoms with Crippen LogP contribution in [0.4, 0.5) is 5.69 Å². The summed E-state index contributed by atoms with van der Waals surface area (Å²) in [6, 6.07) is 13.0. The normalized spacial score (nSPS) is 22.6. The standard InChI is InChI=1S/C24H30N2O3S/c1-3-14-26(15-4-2)30(28,29)19-12-13-23-22(16-19)20-6-5-7-21(20)24(25-23)17-8-10-18(27)11-9-17/h5-6,8-13,16,20-21,24-25,27H,3-4,7,14-15H2,1-2H3. The Bertz CT molecular complexity index is 1020. The van der Waals surface area contributed by atoms with E-state index in [0.717, 1.165) is 36.1 Å².